The molecule has 2 atom stereocenters. The molecule has 0 spiro atoms. The summed E-state index contributed by atoms with van der Waals surface area (Å²) < 4.78 is 29.7. The van der Waals surface area contributed by atoms with Gasteiger partial charge >= 0.3 is 6.09 Å². The van der Waals surface area contributed by atoms with Gasteiger partial charge in [-0.3, -0.25) is 4.90 Å². The van der Waals surface area contributed by atoms with E-state index in [0.717, 1.165) is 18.4 Å². The fourth-order valence-electron chi connectivity index (χ4n) is 3.34. The molecule has 1 saturated heterocycles. The Morgan fingerprint density at radius 3 is 2.71 bits per heavy atom. The minimum Gasteiger partial charge on any atom is -0.450 e. The smallest absolute Gasteiger partial charge is 0.410 e. The molecule has 0 unspecified atom stereocenters. The van der Waals surface area contributed by atoms with Crippen molar-refractivity contribution >= 4 is 15.9 Å². The number of ether oxygens (including phenoxy) is 1. The van der Waals surface area contributed by atoms with E-state index >= 15 is 0 Å². The number of carbonyl (C=O) groups is 1. The normalized spacial score (nSPS) is 23.4. The quantitative estimate of drug-likeness (QED) is 0.838. The first kappa shape index (κ1) is 16.8. The average molecular weight is 347 g/mol. The maximum Gasteiger partial charge on any atom is 0.410 e. The molecule has 1 aromatic rings. The molecule has 128 valence electrons. The number of hydrogen-bond acceptors (Lipinski definition) is 4. The Kier molecular flexibility index (Phi) is 4.76. The highest BCUT2D eigenvalue weighted by molar-refractivity contribution is 7.94. The zero-order chi connectivity index (χ0) is 17.2. The van der Waals surface area contributed by atoms with E-state index in [9.17, 15) is 13.2 Å². The Morgan fingerprint density at radius 2 is 2.04 bits per heavy atom. The molecule has 5 nitrogen and oxygen atoms in total. The van der Waals surface area contributed by atoms with Crippen LogP contribution in [0.5, 0.6) is 0 Å². The molecule has 1 amide bonds. The molecule has 24 heavy (non-hydrogen) atoms. The fourth-order valence-corrected chi connectivity index (χ4v) is 4.38. The summed E-state index contributed by atoms with van der Waals surface area (Å²) in [4.78, 5) is 14.1. The van der Waals surface area contributed by atoms with Gasteiger partial charge in [0.2, 0.25) is 0 Å². The summed E-state index contributed by atoms with van der Waals surface area (Å²) in [5.41, 5.74) is 0.961. The third-order valence-corrected chi connectivity index (χ3v) is 5.86. The van der Waals surface area contributed by atoms with Crippen LogP contribution >= 0.6 is 0 Å². The largest absolute Gasteiger partial charge is 0.450 e. The molecular formula is C18H21NO4S. The van der Waals surface area contributed by atoms with Crippen LogP contribution in [0, 0.1) is 0 Å². The van der Waals surface area contributed by atoms with Gasteiger partial charge in [-0.1, -0.05) is 24.3 Å². The molecule has 2 aliphatic heterocycles. The molecule has 0 saturated carbocycles. The summed E-state index contributed by atoms with van der Waals surface area (Å²) in [6, 6.07) is 8.46. The Hall–Kier alpha value is -2.08. The molecule has 1 fully saturated rings. The van der Waals surface area contributed by atoms with Crippen molar-refractivity contribution in [3.63, 3.8) is 0 Å². The summed E-state index contributed by atoms with van der Waals surface area (Å²) >= 11 is 0. The van der Waals surface area contributed by atoms with Crippen molar-refractivity contribution in [1.82, 2.24) is 4.90 Å². The van der Waals surface area contributed by atoms with Crippen LogP contribution in [0.2, 0.25) is 0 Å². The molecule has 0 radical (unpaired) electrons. The van der Waals surface area contributed by atoms with Crippen molar-refractivity contribution in [2.45, 2.75) is 43.2 Å². The van der Waals surface area contributed by atoms with Crippen LogP contribution in [-0.4, -0.2) is 38.1 Å². The number of carbonyl (C=O) groups excluding carboxylic acids is 1. The Bertz CT molecular complexity index is 767. The number of allylic oxidation sites excluding steroid dienone is 1. The average Bonchev–Trinajstić information content (AvgIpc) is 2.85. The SMILES string of the molecule is CCOC(=O)N1[C@H]2CC[C@@H]1C=C(/C=C/S(=O)(=O)c1ccccc1)C2. The van der Waals surface area contributed by atoms with Crippen LogP contribution in [0.15, 0.2) is 58.4 Å². The maximum atomic E-state index is 12.3. The molecule has 0 aromatic heterocycles. The lowest BCUT2D eigenvalue weighted by molar-refractivity contribution is 0.0919. The van der Waals surface area contributed by atoms with Crippen molar-refractivity contribution in [3.05, 3.63) is 53.5 Å². The molecule has 2 heterocycles. The lowest BCUT2D eigenvalue weighted by atomic mass is 10.0. The van der Waals surface area contributed by atoms with Gasteiger partial charge in [-0.25, -0.2) is 13.2 Å². The Morgan fingerprint density at radius 1 is 1.29 bits per heavy atom. The fraction of sp³-hybridized carbons (Fsp3) is 0.389. The minimum absolute atomic E-state index is 0.00174. The van der Waals surface area contributed by atoms with Gasteiger partial charge in [-0.2, -0.15) is 0 Å². The van der Waals surface area contributed by atoms with Crippen LogP contribution in [0.4, 0.5) is 4.79 Å². The van der Waals surface area contributed by atoms with Gasteiger partial charge in [0, 0.05) is 11.4 Å². The predicted octanol–water partition coefficient (Wildman–Crippen LogP) is 3.29. The third-order valence-electron chi connectivity index (χ3n) is 4.44. The molecule has 3 rings (SSSR count). The van der Waals surface area contributed by atoms with Gasteiger partial charge in [0.05, 0.1) is 17.5 Å². The number of hydrogen-bond donors (Lipinski definition) is 0. The topological polar surface area (TPSA) is 63.7 Å². The van der Waals surface area contributed by atoms with Gasteiger partial charge in [-0.15, -0.1) is 0 Å². The van der Waals surface area contributed by atoms with E-state index in [4.69, 9.17) is 4.74 Å². The highest BCUT2D eigenvalue weighted by atomic mass is 32.2. The number of sulfone groups is 1. The first-order chi connectivity index (χ1) is 11.5. The highest BCUT2D eigenvalue weighted by Gasteiger charge is 2.39. The lowest BCUT2D eigenvalue weighted by Gasteiger charge is -2.32. The molecule has 0 aliphatic carbocycles. The zero-order valence-corrected chi connectivity index (χ0v) is 14.4. The Balaban J connectivity index is 1.76. The Labute approximate surface area is 142 Å². The zero-order valence-electron chi connectivity index (χ0n) is 13.6. The van der Waals surface area contributed by atoms with Gasteiger partial charge < -0.3 is 4.74 Å². The maximum absolute atomic E-state index is 12.3. The summed E-state index contributed by atoms with van der Waals surface area (Å²) in [5.74, 6) is 0. The first-order valence-electron chi connectivity index (χ1n) is 8.15. The second kappa shape index (κ2) is 6.81. The van der Waals surface area contributed by atoms with Gasteiger partial charge in [0.1, 0.15) is 0 Å². The van der Waals surface area contributed by atoms with Gasteiger partial charge in [-0.05, 0) is 50.0 Å². The van der Waals surface area contributed by atoms with E-state index in [1.807, 2.05) is 6.08 Å². The van der Waals surface area contributed by atoms with Crippen LogP contribution in [0.3, 0.4) is 0 Å². The molecule has 6 heteroatoms. The highest BCUT2D eigenvalue weighted by Crippen LogP contribution is 2.35. The second-order valence-corrected chi connectivity index (χ2v) is 7.84. The standard InChI is InChI=1S/C18H21NO4S/c1-2-23-18(20)19-15-8-9-16(19)13-14(12-15)10-11-24(21,22)17-6-4-3-5-7-17/h3-7,10-12,15-16H,2,8-9,13H2,1H3/b11-10+/t15-,16+/m1/s1. The van der Waals surface area contributed by atoms with E-state index in [-0.39, 0.29) is 23.1 Å². The van der Waals surface area contributed by atoms with Crippen LogP contribution < -0.4 is 0 Å². The molecule has 2 aliphatic rings. The third kappa shape index (κ3) is 3.38. The van der Waals surface area contributed by atoms with E-state index in [1.165, 1.54) is 5.41 Å². The molecule has 1 aromatic carbocycles. The van der Waals surface area contributed by atoms with Gasteiger partial charge in [0.15, 0.2) is 9.84 Å². The number of benzene rings is 1. The van der Waals surface area contributed by atoms with E-state index in [0.29, 0.717) is 13.0 Å². The predicted molar refractivity (Wildman–Crippen MR) is 91.1 cm³/mol. The van der Waals surface area contributed by atoms with E-state index in [1.54, 1.807) is 48.2 Å². The van der Waals surface area contributed by atoms with Gasteiger partial charge in [0.25, 0.3) is 0 Å². The number of rotatable bonds is 4. The summed E-state index contributed by atoms with van der Waals surface area (Å²) in [7, 11) is -3.44. The summed E-state index contributed by atoms with van der Waals surface area (Å²) in [5, 5.41) is 1.26. The number of amides is 1. The van der Waals surface area contributed by atoms with Crippen molar-refractivity contribution in [2.24, 2.45) is 0 Å². The van der Waals surface area contributed by atoms with Crippen molar-refractivity contribution in [1.29, 1.82) is 0 Å². The van der Waals surface area contributed by atoms with Crippen LogP contribution in [0.25, 0.3) is 0 Å². The van der Waals surface area contributed by atoms with Crippen LogP contribution in [-0.2, 0) is 14.6 Å². The van der Waals surface area contributed by atoms with Crippen molar-refractivity contribution < 1.29 is 17.9 Å². The molecular weight excluding hydrogens is 326 g/mol. The number of fused-ring (bicyclic) bond motifs is 2. The molecule has 2 bridgehead atoms. The monoisotopic (exact) mass is 347 g/mol. The van der Waals surface area contributed by atoms with E-state index in [2.05, 4.69) is 0 Å². The van der Waals surface area contributed by atoms with Crippen molar-refractivity contribution in [2.75, 3.05) is 6.61 Å². The van der Waals surface area contributed by atoms with Crippen LogP contribution in [0.1, 0.15) is 26.2 Å². The summed E-state index contributed by atoms with van der Waals surface area (Å²) in [6.45, 7) is 2.16. The minimum atomic E-state index is -3.44. The van der Waals surface area contributed by atoms with Crippen molar-refractivity contribution in [3.8, 4) is 0 Å². The number of nitrogens with zero attached hydrogens (tertiary/aromatic N) is 1. The first-order valence-corrected chi connectivity index (χ1v) is 9.70. The van der Waals surface area contributed by atoms with E-state index < -0.39 is 9.84 Å². The molecule has 0 N–H and O–H groups in total. The second-order valence-electron chi connectivity index (χ2n) is 6.01. The lowest BCUT2D eigenvalue weighted by Crippen LogP contribution is -2.43. The summed E-state index contributed by atoms with van der Waals surface area (Å²) in [6.07, 6.45) is 5.85.